The number of H-pyrrole nitrogens is 1. The van der Waals surface area contributed by atoms with Gasteiger partial charge in [-0.05, 0) is 38.7 Å². The van der Waals surface area contributed by atoms with E-state index in [1.807, 2.05) is 51.1 Å². The maximum atomic E-state index is 12.8. The van der Waals surface area contributed by atoms with E-state index >= 15 is 0 Å². The SMILES string of the molecule is CC(C)Cc1[nH]n(C(C)(C)C)c(=O)c1-c1ccccc1. The Hall–Kier alpha value is -1.77. The molecule has 2 aromatic rings. The van der Waals surface area contributed by atoms with Crippen molar-refractivity contribution >= 4 is 0 Å². The molecule has 3 heteroatoms. The maximum Gasteiger partial charge on any atom is 0.275 e. The lowest BCUT2D eigenvalue weighted by Gasteiger charge is -2.19. The van der Waals surface area contributed by atoms with E-state index < -0.39 is 0 Å². The lowest BCUT2D eigenvalue weighted by Crippen LogP contribution is -2.32. The van der Waals surface area contributed by atoms with Crippen molar-refractivity contribution in [3.63, 3.8) is 0 Å². The van der Waals surface area contributed by atoms with Crippen LogP contribution in [0, 0.1) is 5.92 Å². The van der Waals surface area contributed by atoms with Crippen molar-refractivity contribution in [2.75, 3.05) is 0 Å². The summed E-state index contributed by atoms with van der Waals surface area (Å²) in [6, 6.07) is 9.92. The molecule has 108 valence electrons. The number of benzene rings is 1. The zero-order chi connectivity index (χ0) is 14.9. The van der Waals surface area contributed by atoms with Crippen LogP contribution in [0.4, 0.5) is 0 Å². The van der Waals surface area contributed by atoms with Crippen LogP contribution in [0.15, 0.2) is 35.1 Å². The van der Waals surface area contributed by atoms with Crippen molar-refractivity contribution < 1.29 is 0 Å². The molecule has 0 amide bonds. The van der Waals surface area contributed by atoms with Gasteiger partial charge in [-0.2, -0.15) is 0 Å². The summed E-state index contributed by atoms with van der Waals surface area (Å²) in [6.07, 6.45) is 0.878. The van der Waals surface area contributed by atoms with Gasteiger partial charge in [0.1, 0.15) is 0 Å². The van der Waals surface area contributed by atoms with E-state index in [1.165, 1.54) is 0 Å². The molecular formula is C17H24N2O. The summed E-state index contributed by atoms with van der Waals surface area (Å²) >= 11 is 0. The number of rotatable bonds is 3. The normalized spacial score (nSPS) is 12.1. The van der Waals surface area contributed by atoms with Gasteiger partial charge in [0.15, 0.2) is 0 Å². The highest BCUT2D eigenvalue weighted by atomic mass is 16.1. The van der Waals surface area contributed by atoms with Gasteiger partial charge >= 0.3 is 0 Å². The molecule has 20 heavy (non-hydrogen) atoms. The average Bonchev–Trinajstić information content (AvgIpc) is 2.66. The minimum Gasteiger partial charge on any atom is -0.299 e. The van der Waals surface area contributed by atoms with Crippen LogP contribution in [-0.2, 0) is 12.0 Å². The Balaban J connectivity index is 2.65. The molecule has 1 aromatic carbocycles. The number of nitrogens with zero attached hydrogens (tertiary/aromatic N) is 1. The number of hydrogen-bond acceptors (Lipinski definition) is 1. The summed E-state index contributed by atoms with van der Waals surface area (Å²) in [7, 11) is 0. The van der Waals surface area contributed by atoms with Crippen LogP contribution in [0.1, 0.15) is 40.3 Å². The second-order valence-electron chi connectivity index (χ2n) is 6.74. The van der Waals surface area contributed by atoms with E-state index in [0.717, 1.165) is 23.2 Å². The largest absolute Gasteiger partial charge is 0.299 e. The Morgan fingerprint density at radius 2 is 1.75 bits per heavy atom. The van der Waals surface area contributed by atoms with Crippen LogP contribution < -0.4 is 5.56 Å². The first kappa shape index (κ1) is 14.6. The molecule has 1 N–H and O–H groups in total. The third-order valence-electron chi connectivity index (χ3n) is 3.31. The number of hydrogen-bond donors (Lipinski definition) is 1. The Kier molecular flexibility index (Phi) is 3.89. The number of aromatic nitrogens is 2. The first-order valence-electron chi connectivity index (χ1n) is 7.20. The second-order valence-corrected chi connectivity index (χ2v) is 6.74. The van der Waals surface area contributed by atoms with E-state index in [2.05, 4.69) is 18.9 Å². The molecule has 0 aliphatic heterocycles. The van der Waals surface area contributed by atoms with Crippen molar-refractivity contribution in [3.05, 3.63) is 46.4 Å². The predicted octanol–water partition coefficient (Wildman–Crippen LogP) is 3.80. The summed E-state index contributed by atoms with van der Waals surface area (Å²) in [4.78, 5) is 12.8. The summed E-state index contributed by atoms with van der Waals surface area (Å²) in [6.45, 7) is 10.5. The first-order valence-corrected chi connectivity index (χ1v) is 7.20. The monoisotopic (exact) mass is 272 g/mol. The van der Waals surface area contributed by atoms with Crippen LogP contribution in [0.3, 0.4) is 0 Å². The molecule has 0 saturated heterocycles. The molecule has 0 spiro atoms. The van der Waals surface area contributed by atoms with E-state index in [-0.39, 0.29) is 11.1 Å². The molecule has 1 heterocycles. The van der Waals surface area contributed by atoms with Crippen molar-refractivity contribution in [2.24, 2.45) is 5.92 Å². The fraction of sp³-hybridized carbons (Fsp3) is 0.471. The van der Waals surface area contributed by atoms with Crippen LogP contribution in [0.2, 0.25) is 0 Å². The zero-order valence-electron chi connectivity index (χ0n) is 13.0. The second kappa shape index (κ2) is 5.31. The van der Waals surface area contributed by atoms with Gasteiger partial charge in [-0.1, -0.05) is 44.2 Å². The fourth-order valence-corrected chi connectivity index (χ4v) is 2.41. The van der Waals surface area contributed by atoms with E-state index in [4.69, 9.17) is 0 Å². The average molecular weight is 272 g/mol. The van der Waals surface area contributed by atoms with Gasteiger partial charge in [0.2, 0.25) is 0 Å². The standard InChI is InChI=1S/C17H24N2O/c1-12(2)11-14-15(13-9-7-6-8-10-13)16(20)19(18-14)17(3,4)5/h6-10,12,18H,11H2,1-5H3. The summed E-state index contributed by atoms with van der Waals surface area (Å²) < 4.78 is 1.74. The topological polar surface area (TPSA) is 37.8 Å². The molecule has 0 fully saturated rings. The first-order chi connectivity index (χ1) is 9.30. The Bertz CT molecular complexity index is 627. The molecule has 0 unspecified atom stereocenters. The quantitative estimate of drug-likeness (QED) is 0.906. The van der Waals surface area contributed by atoms with Crippen LogP contribution >= 0.6 is 0 Å². The van der Waals surface area contributed by atoms with Gasteiger partial charge in [-0.25, -0.2) is 4.68 Å². The zero-order valence-corrected chi connectivity index (χ0v) is 13.0. The highest BCUT2D eigenvalue weighted by Crippen LogP contribution is 2.23. The van der Waals surface area contributed by atoms with Gasteiger partial charge in [-0.3, -0.25) is 9.89 Å². The Labute approximate surface area is 120 Å². The van der Waals surface area contributed by atoms with Crippen molar-refractivity contribution in [1.29, 1.82) is 0 Å². The number of aromatic amines is 1. The van der Waals surface area contributed by atoms with Gasteiger partial charge in [0.25, 0.3) is 5.56 Å². The van der Waals surface area contributed by atoms with Gasteiger partial charge in [-0.15, -0.1) is 0 Å². The molecule has 0 bridgehead atoms. The van der Waals surface area contributed by atoms with Crippen molar-refractivity contribution in [1.82, 2.24) is 9.78 Å². The van der Waals surface area contributed by atoms with Crippen LogP contribution in [-0.4, -0.2) is 9.78 Å². The predicted molar refractivity (Wildman–Crippen MR) is 84.0 cm³/mol. The molecule has 1 aromatic heterocycles. The minimum atomic E-state index is -0.240. The van der Waals surface area contributed by atoms with Gasteiger partial charge in [0.05, 0.1) is 11.1 Å². The third kappa shape index (κ3) is 2.87. The number of nitrogens with one attached hydrogen (secondary N) is 1. The van der Waals surface area contributed by atoms with Gasteiger partial charge in [0, 0.05) is 5.69 Å². The summed E-state index contributed by atoms with van der Waals surface area (Å²) in [5.74, 6) is 0.504. The summed E-state index contributed by atoms with van der Waals surface area (Å²) in [5, 5.41) is 3.32. The Morgan fingerprint density at radius 3 is 2.25 bits per heavy atom. The maximum absolute atomic E-state index is 12.8. The van der Waals surface area contributed by atoms with E-state index in [0.29, 0.717) is 5.92 Å². The molecular weight excluding hydrogens is 248 g/mol. The van der Waals surface area contributed by atoms with Crippen molar-refractivity contribution in [3.8, 4) is 11.1 Å². The molecule has 0 saturated carbocycles. The fourth-order valence-electron chi connectivity index (χ4n) is 2.41. The Morgan fingerprint density at radius 1 is 1.15 bits per heavy atom. The molecule has 0 aliphatic rings. The lowest BCUT2D eigenvalue weighted by molar-refractivity contribution is 0.342. The van der Waals surface area contributed by atoms with Crippen molar-refractivity contribution in [2.45, 2.75) is 46.6 Å². The third-order valence-corrected chi connectivity index (χ3v) is 3.31. The highest BCUT2D eigenvalue weighted by Gasteiger charge is 2.23. The molecule has 0 radical (unpaired) electrons. The lowest BCUT2D eigenvalue weighted by atomic mass is 10.0. The van der Waals surface area contributed by atoms with Crippen LogP contribution in [0.5, 0.6) is 0 Å². The smallest absolute Gasteiger partial charge is 0.275 e. The highest BCUT2D eigenvalue weighted by molar-refractivity contribution is 5.65. The van der Waals surface area contributed by atoms with E-state index in [9.17, 15) is 4.79 Å². The van der Waals surface area contributed by atoms with E-state index in [1.54, 1.807) is 4.68 Å². The van der Waals surface area contributed by atoms with Gasteiger partial charge < -0.3 is 0 Å². The molecule has 2 rings (SSSR count). The summed E-state index contributed by atoms with van der Waals surface area (Å²) in [5.41, 5.74) is 2.67. The van der Waals surface area contributed by atoms with Crippen LogP contribution in [0.25, 0.3) is 11.1 Å². The molecule has 0 atom stereocenters. The minimum absolute atomic E-state index is 0.0688. The molecule has 3 nitrogen and oxygen atoms in total. The molecule has 0 aliphatic carbocycles.